The van der Waals surface area contributed by atoms with Gasteiger partial charge in [0.2, 0.25) is 0 Å². The van der Waals surface area contributed by atoms with Gasteiger partial charge in [-0.2, -0.15) is 5.26 Å². The van der Waals surface area contributed by atoms with E-state index in [1.807, 2.05) is 0 Å². The van der Waals surface area contributed by atoms with E-state index in [4.69, 9.17) is 5.26 Å². The van der Waals surface area contributed by atoms with Crippen LogP contribution in [0.25, 0.3) is 0 Å². The lowest BCUT2D eigenvalue weighted by atomic mass is 10.3. The van der Waals surface area contributed by atoms with Crippen molar-refractivity contribution < 1.29 is 4.92 Å². The first kappa shape index (κ1) is 8.01. The lowest BCUT2D eigenvalue weighted by Crippen LogP contribution is -1.89. The first-order valence-electron chi connectivity index (χ1n) is 3.13. The van der Waals surface area contributed by atoms with Crippen molar-refractivity contribution >= 4 is 11.4 Å². The third-order valence-electron chi connectivity index (χ3n) is 1.28. The van der Waals surface area contributed by atoms with Gasteiger partial charge in [0, 0.05) is 17.8 Å². The number of benzene rings is 1. The summed E-state index contributed by atoms with van der Waals surface area (Å²) in [7, 11) is 0. The molecule has 5 nitrogen and oxygen atoms in total. The van der Waals surface area contributed by atoms with Crippen LogP contribution in [-0.2, 0) is 0 Å². The topological polar surface area (TPSA) is 79.0 Å². The van der Waals surface area contributed by atoms with E-state index in [1.165, 1.54) is 24.3 Å². The van der Waals surface area contributed by atoms with Gasteiger partial charge in [0.25, 0.3) is 5.69 Å². The van der Waals surface area contributed by atoms with Crippen molar-refractivity contribution in [3.8, 4) is 6.19 Å². The number of nitrogens with one attached hydrogen (secondary N) is 1. The number of nitro groups is 1. The molecule has 60 valence electrons. The molecule has 0 aliphatic rings. The number of nitrogens with zero attached hydrogens (tertiary/aromatic N) is 2. The molecule has 0 saturated carbocycles. The highest BCUT2D eigenvalue weighted by Gasteiger charge is 2.02. The summed E-state index contributed by atoms with van der Waals surface area (Å²) >= 11 is 0. The quantitative estimate of drug-likeness (QED) is 0.310. The zero-order valence-electron chi connectivity index (χ0n) is 6.02. The molecule has 12 heavy (non-hydrogen) atoms. The largest absolute Gasteiger partial charge is 0.293 e. The summed E-state index contributed by atoms with van der Waals surface area (Å²) in [5.74, 6) is 0. The fourth-order valence-electron chi connectivity index (χ4n) is 0.731. The molecule has 1 rings (SSSR count). The molecule has 0 heterocycles. The molecule has 0 aliphatic carbocycles. The molecule has 1 aromatic rings. The Morgan fingerprint density at radius 2 is 2.00 bits per heavy atom. The van der Waals surface area contributed by atoms with Crippen molar-refractivity contribution in [2.45, 2.75) is 0 Å². The minimum atomic E-state index is -0.490. The molecular weight excluding hydrogens is 158 g/mol. The van der Waals surface area contributed by atoms with E-state index in [2.05, 4.69) is 5.32 Å². The van der Waals surface area contributed by atoms with Crippen LogP contribution < -0.4 is 5.32 Å². The maximum absolute atomic E-state index is 10.2. The molecule has 1 N–H and O–H groups in total. The predicted octanol–water partition coefficient (Wildman–Crippen LogP) is 1.49. The number of rotatable bonds is 2. The molecule has 0 unspecified atom stereocenters. The fourth-order valence-corrected chi connectivity index (χ4v) is 0.731. The van der Waals surface area contributed by atoms with Crippen molar-refractivity contribution in [1.29, 1.82) is 5.26 Å². The Labute approximate surface area is 68.4 Å². The standard InChI is InChI=1S/C7H5N3O2/c8-5-9-6-1-3-7(4-2-6)10(11)12/h1-4,9H. The molecule has 0 fully saturated rings. The second-order valence-electron chi connectivity index (χ2n) is 2.04. The van der Waals surface area contributed by atoms with Crippen molar-refractivity contribution in [3.05, 3.63) is 34.4 Å². The lowest BCUT2D eigenvalue weighted by Gasteiger charge is -1.94. The van der Waals surface area contributed by atoms with Crippen LogP contribution >= 0.6 is 0 Å². The van der Waals surface area contributed by atoms with Gasteiger partial charge in [0.05, 0.1) is 4.92 Å². The highest BCUT2D eigenvalue weighted by Crippen LogP contribution is 2.14. The lowest BCUT2D eigenvalue weighted by molar-refractivity contribution is -0.384. The summed E-state index contributed by atoms with van der Waals surface area (Å²) < 4.78 is 0. The Morgan fingerprint density at radius 3 is 2.42 bits per heavy atom. The van der Waals surface area contributed by atoms with Crippen molar-refractivity contribution in [3.63, 3.8) is 0 Å². The average Bonchev–Trinajstić information content (AvgIpc) is 2.06. The van der Waals surface area contributed by atoms with Gasteiger partial charge in [0.1, 0.15) is 0 Å². The number of nitro benzene ring substituents is 1. The van der Waals surface area contributed by atoms with Crippen molar-refractivity contribution in [2.75, 3.05) is 5.32 Å². The maximum Gasteiger partial charge on any atom is 0.269 e. The Bertz CT molecular complexity index is 325. The Kier molecular flexibility index (Phi) is 2.23. The van der Waals surface area contributed by atoms with Crippen molar-refractivity contribution in [1.82, 2.24) is 0 Å². The molecular formula is C7H5N3O2. The average molecular weight is 163 g/mol. The van der Waals surface area contributed by atoms with E-state index in [1.54, 1.807) is 6.19 Å². The van der Waals surface area contributed by atoms with Crippen LogP contribution in [0.1, 0.15) is 0 Å². The van der Waals surface area contributed by atoms with E-state index >= 15 is 0 Å². The summed E-state index contributed by atoms with van der Waals surface area (Å²) in [6, 6.07) is 5.61. The Balaban J connectivity index is 2.87. The van der Waals surface area contributed by atoms with Crippen LogP contribution in [0.2, 0.25) is 0 Å². The molecule has 0 radical (unpaired) electrons. The van der Waals surface area contributed by atoms with E-state index in [-0.39, 0.29) is 5.69 Å². The summed E-state index contributed by atoms with van der Waals surface area (Å²) in [5.41, 5.74) is 0.557. The van der Waals surface area contributed by atoms with Crippen LogP contribution in [0.15, 0.2) is 24.3 Å². The SMILES string of the molecule is N#CNc1ccc([N+](=O)[O-])cc1. The van der Waals surface area contributed by atoms with Gasteiger partial charge in [-0.15, -0.1) is 0 Å². The number of nitriles is 1. The normalized spacial score (nSPS) is 8.58. The van der Waals surface area contributed by atoms with Gasteiger partial charge in [-0.1, -0.05) is 0 Å². The summed E-state index contributed by atoms with van der Waals surface area (Å²) in [6.07, 6.45) is 1.71. The molecule has 0 atom stereocenters. The van der Waals surface area contributed by atoms with E-state index in [9.17, 15) is 10.1 Å². The van der Waals surface area contributed by atoms with Crippen LogP contribution in [0.4, 0.5) is 11.4 Å². The first-order valence-corrected chi connectivity index (χ1v) is 3.13. The van der Waals surface area contributed by atoms with E-state index in [0.717, 1.165) is 0 Å². The van der Waals surface area contributed by atoms with Gasteiger partial charge in [-0.3, -0.25) is 15.4 Å². The number of anilines is 1. The molecule has 0 saturated heterocycles. The molecule has 5 heteroatoms. The third-order valence-corrected chi connectivity index (χ3v) is 1.28. The van der Waals surface area contributed by atoms with E-state index in [0.29, 0.717) is 5.69 Å². The predicted molar refractivity (Wildman–Crippen MR) is 42.3 cm³/mol. The van der Waals surface area contributed by atoms with Gasteiger partial charge >= 0.3 is 0 Å². The zero-order valence-corrected chi connectivity index (χ0v) is 6.02. The minimum absolute atomic E-state index is 0.0125. The number of non-ortho nitro benzene ring substituents is 1. The van der Waals surface area contributed by atoms with Crippen LogP contribution in [0.3, 0.4) is 0 Å². The highest BCUT2D eigenvalue weighted by atomic mass is 16.6. The summed E-state index contributed by atoms with van der Waals surface area (Å²) in [5, 5.41) is 20.8. The zero-order chi connectivity index (χ0) is 8.97. The third kappa shape index (κ3) is 1.70. The molecule has 0 amide bonds. The van der Waals surface area contributed by atoms with Gasteiger partial charge in [0.15, 0.2) is 6.19 Å². The molecule has 0 aromatic heterocycles. The maximum atomic E-state index is 10.2. The summed E-state index contributed by atoms with van der Waals surface area (Å²) in [6.45, 7) is 0. The smallest absolute Gasteiger partial charge is 0.269 e. The minimum Gasteiger partial charge on any atom is -0.293 e. The second-order valence-corrected chi connectivity index (χ2v) is 2.04. The first-order chi connectivity index (χ1) is 5.74. The van der Waals surface area contributed by atoms with E-state index < -0.39 is 4.92 Å². The molecule has 1 aromatic carbocycles. The number of hydrogen-bond donors (Lipinski definition) is 1. The van der Waals surface area contributed by atoms with Gasteiger partial charge in [-0.25, -0.2) is 0 Å². The van der Waals surface area contributed by atoms with Gasteiger partial charge in [-0.05, 0) is 12.1 Å². The number of hydrogen-bond acceptors (Lipinski definition) is 4. The van der Waals surface area contributed by atoms with Gasteiger partial charge < -0.3 is 0 Å². The van der Waals surface area contributed by atoms with Crippen molar-refractivity contribution in [2.24, 2.45) is 0 Å². The van der Waals surface area contributed by atoms with Crippen LogP contribution in [0, 0.1) is 21.6 Å². The fraction of sp³-hybridized carbons (Fsp3) is 0. The molecule has 0 bridgehead atoms. The Morgan fingerprint density at radius 1 is 1.42 bits per heavy atom. The van der Waals surface area contributed by atoms with Crippen LogP contribution in [0.5, 0.6) is 0 Å². The molecule has 0 aliphatic heterocycles. The highest BCUT2D eigenvalue weighted by molar-refractivity contribution is 5.50. The molecule has 0 spiro atoms. The summed E-state index contributed by atoms with van der Waals surface area (Å²) in [4.78, 5) is 9.70. The Hall–Kier alpha value is -2.09. The van der Waals surface area contributed by atoms with Crippen LogP contribution in [-0.4, -0.2) is 4.92 Å². The second kappa shape index (κ2) is 3.34. The monoisotopic (exact) mass is 163 g/mol.